The van der Waals surface area contributed by atoms with E-state index in [1.807, 2.05) is 0 Å². The number of halogens is 7. The van der Waals surface area contributed by atoms with Crippen molar-refractivity contribution >= 4 is 29.0 Å². The summed E-state index contributed by atoms with van der Waals surface area (Å²) in [6.45, 7) is 2.67. The first-order chi connectivity index (χ1) is 18.9. The Kier molecular flexibility index (Phi) is 8.07. The summed E-state index contributed by atoms with van der Waals surface area (Å²) < 4.78 is 81.1. The number of aliphatic hydroxyl groups excluding tert-OH is 2. The standard InChI is InChI=1S/C28H26ClF6N3O3/c1-26(2,15-8-16(27(30,31)32)10-17(9-15)28(33,34)35)25(41)37(3)21-12-36-24(38-13-22(39)23(40)14-38)11-19(21)18-6-4-5-7-20(18)29/h4-12,22-23,39-40H,13-14H2,1-3H3/t22-,23-/m0/s1. The van der Waals surface area contributed by atoms with Gasteiger partial charge in [-0.1, -0.05) is 29.8 Å². The van der Waals surface area contributed by atoms with Gasteiger partial charge in [0.25, 0.3) is 0 Å². The number of carbonyl (C=O) groups excluding carboxylic acids is 1. The number of anilines is 2. The van der Waals surface area contributed by atoms with Gasteiger partial charge in [0.15, 0.2) is 0 Å². The van der Waals surface area contributed by atoms with Gasteiger partial charge in [0.1, 0.15) is 5.82 Å². The van der Waals surface area contributed by atoms with Crippen LogP contribution in [0.25, 0.3) is 11.1 Å². The van der Waals surface area contributed by atoms with Gasteiger partial charge in [-0.15, -0.1) is 0 Å². The molecule has 0 unspecified atom stereocenters. The van der Waals surface area contributed by atoms with Gasteiger partial charge >= 0.3 is 12.4 Å². The second-order valence-electron chi connectivity index (χ2n) is 10.4. The van der Waals surface area contributed by atoms with E-state index in [9.17, 15) is 41.4 Å². The predicted octanol–water partition coefficient (Wildman–Crippen LogP) is 5.92. The number of aromatic nitrogens is 1. The fraction of sp³-hybridized carbons (Fsp3) is 0.357. The number of alkyl halides is 6. The maximum absolute atomic E-state index is 13.8. The molecule has 3 aromatic rings. The molecule has 1 aliphatic rings. The van der Waals surface area contributed by atoms with E-state index >= 15 is 0 Å². The minimum atomic E-state index is -5.07. The molecular formula is C28H26ClF6N3O3. The normalized spacial score (nSPS) is 18.1. The molecule has 1 saturated heterocycles. The van der Waals surface area contributed by atoms with Crippen molar-refractivity contribution in [3.63, 3.8) is 0 Å². The monoisotopic (exact) mass is 601 g/mol. The van der Waals surface area contributed by atoms with E-state index in [0.29, 0.717) is 34.1 Å². The van der Waals surface area contributed by atoms with Crippen LogP contribution >= 0.6 is 11.6 Å². The van der Waals surface area contributed by atoms with Crippen LogP contribution in [0, 0.1) is 0 Å². The molecule has 1 amide bonds. The van der Waals surface area contributed by atoms with E-state index in [2.05, 4.69) is 4.98 Å². The number of rotatable bonds is 5. The molecule has 1 aliphatic heterocycles. The minimum absolute atomic E-state index is 0.0121. The van der Waals surface area contributed by atoms with Crippen molar-refractivity contribution in [2.75, 3.05) is 29.9 Å². The van der Waals surface area contributed by atoms with Crippen molar-refractivity contribution < 1.29 is 41.4 Å². The van der Waals surface area contributed by atoms with E-state index in [-0.39, 0.29) is 24.8 Å². The van der Waals surface area contributed by atoms with Crippen LogP contribution in [0.3, 0.4) is 0 Å². The highest BCUT2D eigenvalue weighted by atomic mass is 35.5. The predicted molar refractivity (Wildman–Crippen MR) is 142 cm³/mol. The summed E-state index contributed by atoms with van der Waals surface area (Å²) in [6, 6.07) is 9.35. The maximum atomic E-state index is 13.8. The van der Waals surface area contributed by atoms with Crippen molar-refractivity contribution in [3.05, 3.63) is 76.4 Å². The van der Waals surface area contributed by atoms with Crippen LogP contribution in [0.2, 0.25) is 5.02 Å². The number of pyridine rings is 1. The molecule has 1 aromatic heterocycles. The highest BCUT2D eigenvalue weighted by molar-refractivity contribution is 6.33. The van der Waals surface area contributed by atoms with Crippen molar-refractivity contribution in [3.8, 4) is 11.1 Å². The SMILES string of the molecule is CN(C(=O)C(C)(C)c1cc(C(F)(F)F)cc(C(F)(F)F)c1)c1cnc(N2C[C@H](O)[C@@H](O)C2)cc1-c1ccccc1Cl. The fourth-order valence-corrected chi connectivity index (χ4v) is 4.93. The number of β-amino-alcohol motifs (C(OH)–C–C–N with tert-alkyl or cyclic N) is 2. The second kappa shape index (κ2) is 10.8. The van der Waals surface area contributed by atoms with Crippen molar-refractivity contribution in [2.24, 2.45) is 0 Å². The highest BCUT2D eigenvalue weighted by Crippen LogP contribution is 2.42. The number of aliphatic hydroxyl groups is 2. The molecule has 2 atom stereocenters. The number of likely N-dealkylation sites (N-methyl/N-ethyl adjacent to an activating group) is 1. The summed E-state index contributed by atoms with van der Waals surface area (Å²) in [5.41, 5.74) is -4.31. The van der Waals surface area contributed by atoms with E-state index in [1.165, 1.54) is 27.1 Å². The minimum Gasteiger partial charge on any atom is -0.389 e. The average Bonchev–Trinajstić information content (AvgIpc) is 3.24. The topological polar surface area (TPSA) is 76.9 Å². The van der Waals surface area contributed by atoms with E-state index in [1.54, 1.807) is 35.2 Å². The molecule has 0 spiro atoms. The van der Waals surface area contributed by atoms with Gasteiger partial charge in [-0.2, -0.15) is 26.3 Å². The van der Waals surface area contributed by atoms with Crippen molar-refractivity contribution in [1.82, 2.24) is 4.98 Å². The summed E-state index contributed by atoms with van der Waals surface area (Å²) in [6.07, 6.45) is -10.8. The molecular weight excluding hydrogens is 576 g/mol. The Morgan fingerprint density at radius 3 is 1.93 bits per heavy atom. The zero-order valence-electron chi connectivity index (χ0n) is 22.1. The van der Waals surface area contributed by atoms with Gasteiger partial charge in [-0.05, 0) is 49.7 Å². The molecule has 0 aliphatic carbocycles. The number of carbonyl (C=O) groups is 1. The molecule has 41 heavy (non-hydrogen) atoms. The van der Waals surface area contributed by atoms with Gasteiger partial charge < -0.3 is 20.0 Å². The lowest BCUT2D eigenvalue weighted by molar-refractivity contribution is -0.143. The third-order valence-corrected chi connectivity index (χ3v) is 7.46. The van der Waals surface area contributed by atoms with Gasteiger partial charge in [-0.3, -0.25) is 4.79 Å². The molecule has 13 heteroatoms. The first-order valence-corrected chi connectivity index (χ1v) is 12.7. The smallest absolute Gasteiger partial charge is 0.389 e. The average molecular weight is 602 g/mol. The lowest BCUT2D eigenvalue weighted by Crippen LogP contribution is -2.42. The molecule has 1 fully saturated rings. The van der Waals surface area contributed by atoms with E-state index < -0.39 is 52.6 Å². The zero-order valence-corrected chi connectivity index (χ0v) is 22.8. The Morgan fingerprint density at radius 1 is 0.902 bits per heavy atom. The van der Waals surface area contributed by atoms with E-state index in [4.69, 9.17) is 11.6 Å². The van der Waals surface area contributed by atoms with Crippen LogP contribution in [0.4, 0.5) is 37.8 Å². The zero-order chi connectivity index (χ0) is 30.5. The summed E-state index contributed by atoms with van der Waals surface area (Å²) in [5.74, 6) is -0.452. The third kappa shape index (κ3) is 6.14. The Morgan fingerprint density at radius 2 is 1.41 bits per heavy atom. The number of hydrogen-bond donors (Lipinski definition) is 2. The van der Waals surface area contributed by atoms with E-state index in [0.717, 1.165) is 4.90 Å². The molecule has 220 valence electrons. The molecule has 0 bridgehead atoms. The third-order valence-electron chi connectivity index (χ3n) is 7.13. The molecule has 0 saturated carbocycles. The first-order valence-electron chi connectivity index (χ1n) is 12.4. The molecule has 2 heterocycles. The Hall–Kier alpha value is -3.35. The summed E-state index contributed by atoms with van der Waals surface area (Å²) in [7, 11) is 1.34. The summed E-state index contributed by atoms with van der Waals surface area (Å²) in [4.78, 5) is 20.9. The highest BCUT2D eigenvalue weighted by Gasteiger charge is 2.41. The molecule has 6 nitrogen and oxygen atoms in total. The molecule has 0 radical (unpaired) electrons. The Balaban J connectivity index is 1.81. The number of hydrogen-bond acceptors (Lipinski definition) is 5. The van der Waals surface area contributed by atoms with Crippen LogP contribution in [0.1, 0.15) is 30.5 Å². The second-order valence-corrected chi connectivity index (χ2v) is 10.8. The van der Waals surface area contributed by atoms with Crippen molar-refractivity contribution in [2.45, 2.75) is 43.8 Å². The van der Waals surface area contributed by atoms with Crippen LogP contribution in [-0.4, -0.2) is 53.4 Å². The first kappa shape index (κ1) is 30.6. The summed E-state index contributed by atoms with van der Waals surface area (Å²) >= 11 is 6.45. The molecule has 4 rings (SSSR count). The number of amides is 1. The van der Waals surface area contributed by atoms with Gasteiger partial charge in [0, 0.05) is 36.3 Å². The largest absolute Gasteiger partial charge is 0.416 e. The number of nitrogens with zero attached hydrogens (tertiary/aromatic N) is 3. The Labute approximate surface area is 236 Å². The number of benzene rings is 2. The lowest BCUT2D eigenvalue weighted by Gasteiger charge is -2.32. The molecule has 2 N–H and O–H groups in total. The molecule has 2 aromatic carbocycles. The van der Waals surface area contributed by atoms with Gasteiger partial charge in [-0.25, -0.2) is 4.98 Å². The van der Waals surface area contributed by atoms with Crippen LogP contribution < -0.4 is 9.80 Å². The van der Waals surface area contributed by atoms with Gasteiger partial charge in [0.05, 0.1) is 40.6 Å². The van der Waals surface area contributed by atoms with Crippen LogP contribution in [0.5, 0.6) is 0 Å². The van der Waals surface area contributed by atoms with Crippen LogP contribution in [-0.2, 0) is 22.6 Å². The van der Waals surface area contributed by atoms with Crippen molar-refractivity contribution in [1.29, 1.82) is 0 Å². The van der Waals surface area contributed by atoms with Gasteiger partial charge in [0.2, 0.25) is 5.91 Å². The maximum Gasteiger partial charge on any atom is 0.416 e. The quantitative estimate of drug-likeness (QED) is 0.355. The van der Waals surface area contributed by atoms with Crippen LogP contribution in [0.15, 0.2) is 54.7 Å². The summed E-state index contributed by atoms with van der Waals surface area (Å²) in [5, 5.41) is 20.3. The lowest BCUT2D eigenvalue weighted by atomic mass is 9.81. The Bertz CT molecular complexity index is 1420. The fourth-order valence-electron chi connectivity index (χ4n) is 4.70.